The first kappa shape index (κ1) is 35.9. The molecule has 52 heavy (non-hydrogen) atoms. The van der Waals surface area contributed by atoms with Gasteiger partial charge in [-0.25, -0.2) is 26.7 Å². The number of carbonyl (C=O) groups excluding carboxylic acids is 1. The number of alkyl carbamates (subject to hydrolysis) is 1. The van der Waals surface area contributed by atoms with E-state index in [0.717, 1.165) is 13.5 Å². The smallest absolute Gasteiger partial charge is 0.407 e. The lowest BCUT2D eigenvalue weighted by Crippen LogP contribution is -2.55. The first-order chi connectivity index (χ1) is 24.9. The molecule has 278 valence electrons. The zero-order valence-corrected chi connectivity index (χ0v) is 29.1. The highest BCUT2D eigenvalue weighted by Crippen LogP contribution is 2.43. The van der Waals surface area contributed by atoms with Crippen molar-refractivity contribution in [3.8, 4) is 22.9 Å². The second-order valence-electron chi connectivity index (χ2n) is 13.8. The fourth-order valence-corrected chi connectivity index (χ4v) is 8.13. The number of ether oxygens (including phenoxy) is 4. The average molecular weight is 730 g/mol. The molecule has 15 heteroatoms. The number of alkyl halides is 3. The van der Waals surface area contributed by atoms with Gasteiger partial charge in [-0.1, -0.05) is 19.1 Å². The number of methoxy groups -OCH3 is 2. The van der Waals surface area contributed by atoms with Gasteiger partial charge in [0, 0.05) is 44.0 Å². The summed E-state index contributed by atoms with van der Waals surface area (Å²) in [4.78, 5) is 24.4. The van der Waals surface area contributed by atoms with Crippen LogP contribution >= 0.6 is 0 Å². The minimum Gasteiger partial charge on any atom is -0.468 e. The molecule has 1 amide bonds. The molecule has 3 aliphatic heterocycles. The van der Waals surface area contributed by atoms with Gasteiger partial charge in [-0.3, -0.25) is 4.90 Å². The van der Waals surface area contributed by atoms with Gasteiger partial charge in [-0.15, -0.1) is 0 Å². The van der Waals surface area contributed by atoms with Crippen molar-refractivity contribution in [3.63, 3.8) is 0 Å². The normalized spacial score (nSPS) is 22.9. The predicted molar refractivity (Wildman–Crippen MR) is 184 cm³/mol. The summed E-state index contributed by atoms with van der Waals surface area (Å²) >= 11 is 0. The maximum absolute atomic E-state index is 17.2. The van der Waals surface area contributed by atoms with Crippen LogP contribution in [0.4, 0.5) is 32.6 Å². The Morgan fingerprint density at radius 1 is 1.04 bits per heavy atom. The van der Waals surface area contributed by atoms with Gasteiger partial charge in [0.1, 0.15) is 35.7 Å². The molecule has 0 spiro atoms. The molecule has 1 aromatic heterocycles. The maximum atomic E-state index is 17.2. The van der Waals surface area contributed by atoms with Gasteiger partial charge in [0.15, 0.2) is 12.6 Å². The Morgan fingerprint density at radius 3 is 2.63 bits per heavy atom. The monoisotopic (exact) mass is 729 g/mol. The molecule has 0 bridgehead atoms. The van der Waals surface area contributed by atoms with E-state index in [4.69, 9.17) is 14.2 Å². The van der Waals surface area contributed by atoms with E-state index >= 15 is 17.6 Å². The van der Waals surface area contributed by atoms with E-state index in [1.165, 1.54) is 30.2 Å². The zero-order valence-electron chi connectivity index (χ0n) is 29.1. The third-order valence-corrected chi connectivity index (χ3v) is 10.3. The van der Waals surface area contributed by atoms with E-state index in [0.29, 0.717) is 47.0 Å². The summed E-state index contributed by atoms with van der Waals surface area (Å²) in [5, 5.41) is 3.65. The number of anilines is 1. The van der Waals surface area contributed by atoms with E-state index in [9.17, 15) is 9.18 Å². The molecular formula is C37H40F5N5O5. The van der Waals surface area contributed by atoms with Gasteiger partial charge in [0.2, 0.25) is 0 Å². The van der Waals surface area contributed by atoms with E-state index in [1.807, 2.05) is 4.90 Å². The van der Waals surface area contributed by atoms with Gasteiger partial charge >= 0.3 is 12.1 Å². The Balaban J connectivity index is 1.38. The van der Waals surface area contributed by atoms with E-state index in [-0.39, 0.29) is 61.2 Å². The van der Waals surface area contributed by atoms with Crippen molar-refractivity contribution in [2.24, 2.45) is 0 Å². The standard InChI is InChI=1S/C37H40F5N5O5/c1-4-25-29(39)9-6-21-12-24(52-20-49-2)13-28(30(21)25)26-7-8-27-32(31(26)40)44-34(51-19-36-10-5-11-47(36)16-22(38)14-36)45-33(27)46-17-23(43-35(48)50-3)15-37(41,42)18-46/h6-9,12-13,22-23H,4-5,10-11,14-20H2,1-3H3,(H,43,48)/t22-,23-,36+/m1/s1. The average Bonchev–Trinajstić information content (AvgIpc) is 3.64. The summed E-state index contributed by atoms with van der Waals surface area (Å²) in [6.45, 7) is 1.86. The van der Waals surface area contributed by atoms with Crippen LogP contribution in [0.3, 0.4) is 0 Å². The van der Waals surface area contributed by atoms with Crippen LogP contribution in [-0.4, -0.2) is 98.4 Å². The van der Waals surface area contributed by atoms with Gasteiger partial charge in [-0.05, 0) is 72.0 Å². The highest BCUT2D eigenvalue weighted by Gasteiger charge is 2.49. The summed E-state index contributed by atoms with van der Waals surface area (Å²) in [7, 11) is 2.60. The fourth-order valence-electron chi connectivity index (χ4n) is 8.13. The Hall–Kier alpha value is -4.50. The Bertz CT molecular complexity index is 2000. The molecule has 0 radical (unpaired) electrons. The molecule has 0 unspecified atom stereocenters. The Morgan fingerprint density at radius 2 is 1.87 bits per heavy atom. The SMILES string of the molecule is CCc1c(F)ccc2cc(OCOC)cc(-c3ccc4c(N5C[C@H](NC(=O)OC)CC(F)(F)C5)nc(OC[C@@]56CCCN5C[C@H](F)C6)nc4c3F)c12. The summed E-state index contributed by atoms with van der Waals surface area (Å²) < 4.78 is 99.0. The van der Waals surface area contributed by atoms with Gasteiger partial charge in [0.25, 0.3) is 5.92 Å². The van der Waals surface area contributed by atoms with Crippen LogP contribution in [0.15, 0.2) is 36.4 Å². The van der Waals surface area contributed by atoms with E-state index in [1.54, 1.807) is 25.1 Å². The molecule has 10 nitrogen and oxygen atoms in total. The zero-order chi connectivity index (χ0) is 36.8. The molecule has 7 rings (SSSR count). The maximum Gasteiger partial charge on any atom is 0.407 e. The number of benzene rings is 3. The quantitative estimate of drug-likeness (QED) is 0.140. The number of amides is 1. The molecule has 3 aliphatic rings. The topological polar surface area (TPSA) is 98.3 Å². The summed E-state index contributed by atoms with van der Waals surface area (Å²) in [5.41, 5.74) is -0.0455. The molecule has 4 aromatic rings. The fraction of sp³-hybridized carbons (Fsp3) is 0.486. The van der Waals surface area contributed by atoms with Crippen molar-refractivity contribution in [1.29, 1.82) is 0 Å². The highest BCUT2D eigenvalue weighted by molar-refractivity contribution is 6.03. The molecule has 1 N–H and O–H groups in total. The van der Waals surface area contributed by atoms with E-state index < -0.39 is 54.4 Å². The minimum atomic E-state index is -3.26. The Labute approximate surface area is 297 Å². The molecule has 3 aromatic carbocycles. The lowest BCUT2D eigenvalue weighted by atomic mass is 9.92. The third-order valence-electron chi connectivity index (χ3n) is 10.3. The number of hydrogen-bond donors (Lipinski definition) is 1. The number of hydrogen-bond acceptors (Lipinski definition) is 9. The summed E-state index contributed by atoms with van der Waals surface area (Å²) in [6.07, 6.45) is -0.412. The lowest BCUT2D eigenvalue weighted by Gasteiger charge is -2.38. The number of aromatic nitrogens is 2. The van der Waals surface area contributed by atoms with Gasteiger partial charge in [0.05, 0.1) is 25.2 Å². The summed E-state index contributed by atoms with van der Waals surface area (Å²) in [6, 6.07) is 7.97. The van der Waals surface area contributed by atoms with Crippen molar-refractivity contribution >= 4 is 33.6 Å². The number of piperidine rings is 1. The van der Waals surface area contributed by atoms with Crippen molar-refractivity contribution in [3.05, 3.63) is 53.6 Å². The second kappa shape index (κ2) is 14.1. The van der Waals surface area contributed by atoms with Crippen LogP contribution in [0.2, 0.25) is 0 Å². The van der Waals surface area contributed by atoms with Crippen molar-refractivity contribution in [2.75, 3.05) is 58.7 Å². The largest absolute Gasteiger partial charge is 0.468 e. The Kier molecular flexibility index (Phi) is 9.76. The van der Waals surface area contributed by atoms with Crippen LogP contribution in [0, 0.1) is 11.6 Å². The number of aryl methyl sites for hydroxylation is 1. The minimum absolute atomic E-state index is 0.0189. The molecule has 0 saturated carbocycles. The molecule has 0 aliphatic carbocycles. The summed E-state index contributed by atoms with van der Waals surface area (Å²) in [5.74, 6) is -4.20. The lowest BCUT2D eigenvalue weighted by molar-refractivity contribution is -0.0211. The number of nitrogens with one attached hydrogen (secondary N) is 1. The van der Waals surface area contributed by atoms with Crippen molar-refractivity contribution in [1.82, 2.24) is 20.2 Å². The van der Waals surface area contributed by atoms with Gasteiger partial charge < -0.3 is 29.2 Å². The van der Waals surface area contributed by atoms with Gasteiger partial charge in [-0.2, -0.15) is 9.97 Å². The highest BCUT2D eigenvalue weighted by atomic mass is 19.3. The third kappa shape index (κ3) is 6.75. The number of halogens is 5. The first-order valence-corrected chi connectivity index (χ1v) is 17.3. The number of fused-ring (bicyclic) bond motifs is 3. The molecule has 4 heterocycles. The van der Waals surface area contributed by atoms with E-state index in [2.05, 4.69) is 20.0 Å². The molecule has 3 atom stereocenters. The molecule has 3 saturated heterocycles. The van der Waals surface area contributed by atoms with Crippen LogP contribution in [0.1, 0.15) is 38.2 Å². The van der Waals surface area contributed by atoms with Crippen LogP contribution in [-0.2, 0) is 15.9 Å². The number of nitrogens with zero attached hydrogens (tertiary/aromatic N) is 4. The second-order valence-corrected chi connectivity index (χ2v) is 13.8. The van der Waals surface area contributed by atoms with Crippen molar-refractivity contribution in [2.45, 2.75) is 62.7 Å². The van der Waals surface area contributed by atoms with Crippen molar-refractivity contribution < 1.29 is 45.7 Å². The number of rotatable bonds is 10. The molecule has 3 fully saturated rings. The number of carbonyl (C=O) groups is 1. The molecular weight excluding hydrogens is 689 g/mol. The van der Waals surface area contributed by atoms with Crippen LogP contribution in [0.25, 0.3) is 32.8 Å². The predicted octanol–water partition coefficient (Wildman–Crippen LogP) is 6.80. The van der Waals surface area contributed by atoms with Crippen LogP contribution < -0.4 is 19.7 Å². The van der Waals surface area contributed by atoms with Crippen LogP contribution in [0.5, 0.6) is 11.8 Å². The first-order valence-electron chi connectivity index (χ1n) is 17.3.